The van der Waals surface area contributed by atoms with Crippen molar-refractivity contribution in [3.05, 3.63) is 30.1 Å². The van der Waals surface area contributed by atoms with Crippen molar-refractivity contribution in [3.63, 3.8) is 0 Å². The van der Waals surface area contributed by atoms with Crippen LogP contribution in [0.3, 0.4) is 0 Å². The van der Waals surface area contributed by atoms with E-state index in [1.807, 2.05) is 24.3 Å². The normalized spacial score (nSPS) is 11.8. The van der Waals surface area contributed by atoms with Gasteiger partial charge in [-0.05, 0) is 18.6 Å². The van der Waals surface area contributed by atoms with E-state index in [4.69, 9.17) is 0 Å². The standard InChI is InChI=1S/C15H23N5/c1-3-4-10-17-15(16-2)18-11-9-14-19-12-7-5-6-8-13(12)20-14/h5-8H,3-4,9-11H2,1-2H3,(H,19,20)(H2,16,17,18). The lowest BCUT2D eigenvalue weighted by Crippen LogP contribution is -2.38. The molecule has 0 aliphatic rings. The minimum atomic E-state index is 0.811. The number of nitrogens with one attached hydrogen (secondary N) is 3. The molecule has 0 saturated heterocycles. The molecule has 0 aliphatic heterocycles. The summed E-state index contributed by atoms with van der Waals surface area (Å²) >= 11 is 0. The molecule has 5 nitrogen and oxygen atoms in total. The van der Waals surface area contributed by atoms with Gasteiger partial charge in [-0.15, -0.1) is 0 Å². The number of unbranched alkanes of at least 4 members (excludes halogenated alkanes) is 1. The van der Waals surface area contributed by atoms with Crippen LogP contribution >= 0.6 is 0 Å². The highest BCUT2D eigenvalue weighted by molar-refractivity contribution is 5.79. The van der Waals surface area contributed by atoms with Gasteiger partial charge in [0.05, 0.1) is 11.0 Å². The van der Waals surface area contributed by atoms with Crippen molar-refractivity contribution in [2.24, 2.45) is 4.99 Å². The third-order valence-electron chi connectivity index (χ3n) is 3.14. The Hall–Kier alpha value is -2.04. The summed E-state index contributed by atoms with van der Waals surface area (Å²) in [4.78, 5) is 12.1. The second-order valence-electron chi connectivity index (χ2n) is 4.73. The molecule has 2 rings (SSSR count). The third-order valence-corrected chi connectivity index (χ3v) is 3.14. The number of imidazole rings is 1. The molecule has 0 saturated carbocycles. The van der Waals surface area contributed by atoms with Crippen molar-refractivity contribution >= 4 is 17.0 Å². The lowest BCUT2D eigenvalue weighted by atomic mass is 10.3. The van der Waals surface area contributed by atoms with E-state index in [1.54, 1.807) is 7.05 Å². The van der Waals surface area contributed by atoms with Gasteiger partial charge in [0.1, 0.15) is 5.82 Å². The van der Waals surface area contributed by atoms with Crippen LogP contribution in [0.25, 0.3) is 11.0 Å². The van der Waals surface area contributed by atoms with E-state index in [-0.39, 0.29) is 0 Å². The molecule has 3 N–H and O–H groups in total. The molecule has 1 aromatic carbocycles. The first kappa shape index (κ1) is 14.4. The van der Waals surface area contributed by atoms with Gasteiger partial charge < -0.3 is 15.6 Å². The molecular formula is C15H23N5. The number of aliphatic imine (C=N–C) groups is 1. The number of hydrogen-bond donors (Lipinski definition) is 3. The average molecular weight is 273 g/mol. The number of rotatable bonds is 6. The molecule has 0 spiro atoms. The minimum absolute atomic E-state index is 0.811. The van der Waals surface area contributed by atoms with Gasteiger partial charge >= 0.3 is 0 Å². The maximum Gasteiger partial charge on any atom is 0.190 e. The van der Waals surface area contributed by atoms with E-state index >= 15 is 0 Å². The first-order chi connectivity index (χ1) is 9.83. The van der Waals surface area contributed by atoms with E-state index in [0.29, 0.717) is 0 Å². The number of guanidine groups is 1. The fourth-order valence-electron chi connectivity index (χ4n) is 2.03. The van der Waals surface area contributed by atoms with Crippen molar-refractivity contribution in [3.8, 4) is 0 Å². The number of H-pyrrole nitrogens is 1. The Balaban J connectivity index is 1.79. The van der Waals surface area contributed by atoms with E-state index in [2.05, 4.69) is 32.5 Å². The molecule has 20 heavy (non-hydrogen) atoms. The summed E-state index contributed by atoms with van der Waals surface area (Å²) in [5.74, 6) is 1.86. The molecule has 108 valence electrons. The first-order valence-corrected chi connectivity index (χ1v) is 7.21. The maximum atomic E-state index is 4.55. The van der Waals surface area contributed by atoms with Crippen LogP contribution in [-0.4, -0.2) is 36.1 Å². The van der Waals surface area contributed by atoms with Crippen LogP contribution in [0.4, 0.5) is 0 Å². The number of benzene rings is 1. The molecule has 0 unspecified atom stereocenters. The second-order valence-corrected chi connectivity index (χ2v) is 4.73. The zero-order chi connectivity index (χ0) is 14.2. The lowest BCUT2D eigenvalue weighted by Gasteiger charge is -2.10. The zero-order valence-corrected chi connectivity index (χ0v) is 12.2. The number of fused-ring (bicyclic) bond motifs is 1. The molecule has 0 bridgehead atoms. The van der Waals surface area contributed by atoms with Crippen LogP contribution in [0.15, 0.2) is 29.3 Å². The monoisotopic (exact) mass is 273 g/mol. The van der Waals surface area contributed by atoms with E-state index in [0.717, 1.165) is 48.7 Å². The largest absolute Gasteiger partial charge is 0.356 e. The summed E-state index contributed by atoms with van der Waals surface area (Å²) < 4.78 is 0. The molecule has 2 aromatic rings. The molecule has 0 atom stereocenters. The molecule has 0 radical (unpaired) electrons. The van der Waals surface area contributed by atoms with Crippen molar-refractivity contribution < 1.29 is 0 Å². The summed E-state index contributed by atoms with van der Waals surface area (Å²) in [6.07, 6.45) is 3.19. The predicted molar refractivity (Wildman–Crippen MR) is 84.1 cm³/mol. The Kier molecular flexibility index (Phi) is 5.41. The highest BCUT2D eigenvalue weighted by atomic mass is 15.2. The van der Waals surface area contributed by atoms with Gasteiger partial charge in [0, 0.05) is 26.6 Å². The summed E-state index contributed by atoms with van der Waals surface area (Å²) in [6.45, 7) is 3.95. The Morgan fingerprint density at radius 3 is 2.80 bits per heavy atom. The summed E-state index contributed by atoms with van der Waals surface area (Å²) in [7, 11) is 1.79. The maximum absolute atomic E-state index is 4.55. The first-order valence-electron chi connectivity index (χ1n) is 7.21. The molecule has 0 aliphatic carbocycles. The molecule has 0 amide bonds. The van der Waals surface area contributed by atoms with Gasteiger partial charge in [-0.3, -0.25) is 4.99 Å². The van der Waals surface area contributed by atoms with Crippen molar-refractivity contribution in [1.82, 2.24) is 20.6 Å². The van der Waals surface area contributed by atoms with Crippen molar-refractivity contribution in [1.29, 1.82) is 0 Å². The summed E-state index contributed by atoms with van der Waals surface area (Å²) in [6, 6.07) is 8.09. The molecule has 0 fully saturated rings. The van der Waals surface area contributed by atoms with Gasteiger partial charge in [0.2, 0.25) is 0 Å². The number of aromatic amines is 1. The highest BCUT2D eigenvalue weighted by Crippen LogP contribution is 2.10. The third kappa shape index (κ3) is 3.98. The highest BCUT2D eigenvalue weighted by Gasteiger charge is 2.02. The van der Waals surface area contributed by atoms with Crippen molar-refractivity contribution in [2.45, 2.75) is 26.2 Å². The van der Waals surface area contributed by atoms with Crippen LogP contribution in [0, 0.1) is 0 Å². The second kappa shape index (κ2) is 7.53. The minimum Gasteiger partial charge on any atom is -0.356 e. The zero-order valence-electron chi connectivity index (χ0n) is 12.2. The average Bonchev–Trinajstić information content (AvgIpc) is 2.88. The Bertz CT molecular complexity index is 525. The van der Waals surface area contributed by atoms with E-state index in [1.165, 1.54) is 6.42 Å². The van der Waals surface area contributed by atoms with E-state index in [9.17, 15) is 0 Å². The van der Waals surface area contributed by atoms with Crippen LogP contribution in [0.2, 0.25) is 0 Å². The van der Waals surface area contributed by atoms with Crippen LogP contribution < -0.4 is 10.6 Å². The van der Waals surface area contributed by atoms with Gasteiger partial charge in [0.15, 0.2) is 5.96 Å². The Morgan fingerprint density at radius 1 is 1.25 bits per heavy atom. The topological polar surface area (TPSA) is 65.1 Å². The summed E-state index contributed by atoms with van der Waals surface area (Å²) in [5.41, 5.74) is 2.11. The molecular weight excluding hydrogens is 250 g/mol. The van der Waals surface area contributed by atoms with Crippen LogP contribution in [0.1, 0.15) is 25.6 Å². The Labute approximate surface area is 119 Å². The molecule has 1 aromatic heterocycles. The SMILES string of the molecule is CCCCNC(=NC)NCCc1nc2ccccc2[nH]1. The van der Waals surface area contributed by atoms with Crippen LogP contribution in [-0.2, 0) is 6.42 Å². The number of para-hydroxylation sites is 2. The van der Waals surface area contributed by atoms with Crippen LogP contribution in [0.5, 0.6) is 0 Å². The molecule has 1 heterocycles. The molecule has 5 heteroatoms. The fraction of sp³-hybridized carbons (Fsp3) is 0.467. The van der Waals surface area contributed by atoms with Gasteiger partial charge in [0.25, 0.3) is 0 Å². The van der Waals surface area contributed by atoms with Crippen molar-refractivity contribution in [2.75, 3.05) is 20.1 Å². The van der Waals surface area contributed by atoms with E-state index < -0.39 is 0 Å². The van der Waals surface area contributed by atoms with Gasteiger partial charge in [-0.1, -0.05) is 25.5 Å². The summed E-state index contributed by atoms with van der Waals surface area (Å²) in [5, 5.41) is 6.59. The lowest BCUT2D eigenvalue weighted by molar-refractivity contribution is 0.723. The number of aromatic nitrogens is 2. The number of nitrogens with zero attached hydrogens (tertiary/aromatic N) is 2. The van der Waals surface area contributed by atoms with Gasteiger partial charge in [-0.25, -0.2) is 4.98 Å². The Morgan fingerprint density at radius 2 is 2.05 bits per heavy atom. The predicted octanol–water partition coefficient (Wildman–Crippen LogP) is 2.07. The fourth-order valence-corrected chi connectivity index (χ4v) is 2.03. The van der Waals surface area contributed by atoms with Gasteiger partial charge in [-0.2, -0.15) is 0 Å². The quantitative estimate of drug-likeness (QED) is 0.429. The smallest absolute Gasteiger partial charge is 0.190 e. The number of hydrogen-bond acceptors (Lipinski definition) is 2.